The van der Waals surface area contributed by atoms with Gasteiger partial charge in [-0.3, -0.25) is 9.69 Å². The number of hydrogen-bond acceptors (Lipinski definition) is 17. The number of rotatable bonds is 14. The van der Waals surface area contributed by atoms with Gasteiger partial charge in [0.05, 0.1) is 5.69 Å². The molecule has 0 aliphatic heterocycles. The van der Waals surface area contributed by atoms with E-state index in [1.165, 1.54) is 16.2 Å². The number of aromatic amines is 3. The topological polar surface area (TPSA) is 334 Å². The van der Waals surface area contributed by atoms with Gasteiger partial charge in [0.1, 0.15) is 18.9 Å². The number of carbonyl (C=O) groups excluding carboxylic acids is 1. The van der Waals surface area contributed by atoms with E-state index in [4.69, 9.17) is 17.2 Å². The van der Waals surface area contributed by atoms with E-state index in [0.29, 0.717) is 35.5 Å². The van der Waals surface area contributed by atoms with Crippen molar-refractivity contribution in [3.8, 4) is 11.3 Å². The average molecular weight is 1220 g/mol. The molecule has 0 atom stereocenters. The van der Waals surface area contributed by atoms with Crippen LogP contribution in [0.4, 0.5) is 29.7 Å². The minimum Gasteiger partial charge on any atom is -0.412 e. The van der Waals surface area contributed by atoms with Gasteiger partial charge < -0.3 is 38.6 Å². The number of aldehydes is 1. The molecule has 0 aliphatic rings. The van der Waals surface area contributed by atoms with Crippen molar-refractivity contribution in [2.24, 2.45) is 0 Å². The summed E-state index contributed by atoms with van der Waals surface area (Å²) in [5, 5.41) is 32.6. The first-order valence-electron chi connectivity index (χ1n) is 16.7. The number of carbonyl (C=O) groups is 1. The fourth-order valence-corrected chi connectivity index (χ4v) is 5.08. The Kier molecular flexibility index (Phi) is 23.6. The normalized spacial score (nSPS) is 10.0. The predicted molar refractivity (Wildman–Crippen MR) is 231 cm³/mol. The molecule has 0 fully saturated rings. The number of fused-ring (bicyclic) bond motifs is 1. The molecule has 301 valence electrons. The number of hydrogen-bond donors (Lipinski definition) is 9. The Morgan fingerprint density at radius 1 is 0.754 bits per heavy atom. The molecule has 57 heavy (non-hydrogen) atoms. The Hall–Kier alpha value is -4.14. The zero-order valence-electron chi connectivity index (χ0n) is 30.8. The molecule has 7 rings (SSSR count). The molecule has 0 amide bonds. The molecule has 0 bridgehead atoms. The number of nitrogens with zero attached hydrogens (tertiary/aromatic N) is 11. The van der Waals surface area contributed by atoms with Crippen LogP contribution in [-0.2, 0) is 0 Å². The Morgan fingerprint density at radius 3 is 1.81 bits per heavy atom. The molecule has 5 heterocycles. The van der Waals surface area contributed by atoms with Crippen LogP contribution in [0.15, 0.2) is 73.4 Å². The van der Waals surface area contributed by atoms with Crippen LogP contribution < -0.4 is 33.2 Å². The van der Waals surface area contributed by atoms with Gasteiger partial charge in [0.15, 0.2) is 0 Å². The third kappa shape index (κ3) is 18.8. The van der Waals surface area contributed by atoms with Crippen molar-refractivity contribution < 1.29 is 54.3 Å². The number of nitrogens with two attached hydrogens (primary N) is 3. The molecule has 0 aliphatic carbocycles. The maximum atomic E-state index is 10.1. The predicted octanol–water partition coefficient (Wildman–Crippen LogP) is 1.58. The molecule has 0 saturated carbocycles. The second kappa shape index (κ2) is 27.5. The number of benzene rings is 2. The van der Waals surface area contributed by atoms with Gasteiger partial charge in [0.2, 0.25) is 29.7 Å². The largest absolute Gasteiger partial charge is 0.412 e. The number of anilines is 5. The Labute approximate surface area is 390 Å². The van der Waals surface area contributed by atoms with Gasteiger partial charge in [0.25, 0.3) is 5.78 Å². The molecule has 1 radical (unpaired) electrons. The summed E-state index contributed by atoms with van der Waals surface area (Å²) in [5.41, 5.74) is 18.8. The third-order valence-electron chi connectivity index (χ3n) is 7.01. The monoisotopic (exact) mass is 1220 g/mol. The van der Waals surface area contributed by atoms with E-state index in [-0.39, 0.29) is 49.5 Å². The van der Waals surface area contributed by atoms with Crippen molar-refractivity contribution in [2.75, 3.05) is 73.6 Å². The first-order valence-corrected chi connectivity index (χ1v) is 18.9. The van der Waals surface area contributed by atoms with Gasteiger partial charge in [-0.2, -0.15) is 25.1 Å². The minimum atomic E-state index is 0. The van der Waals surface area contributed by atoms with Crippen LogP contribution in [0.1, 0.15) is 17.3 Å². The third-order valence-corrected chi connectivity index (χ3v) is 8.45. The van der Waals surface area contributed by atoms with Crippen molar-refractivity contribution in [1.82, 2.24) is 75.3 Å². The van der Waals surface area contributed by atoms with Gasteiger partial charge in [-0.15, -0.1) is 10.2 Å². The van der Waals surface area contributed by atoms with Crippen LogP contribution in [0.3, 0.4) is 0 Å². The summed E-state index contributed by atoms with van der Waals surface area (Å²) in [6.07, 6.45) is 5.56. The molecule has 0 unspecified atom stereocenters. The number of halogens is 2. The Balaban J connectivity index is 0.000000290. The van der Waals surface area contributed by atoms with E-state index in [1.54, 1.807) is 16.6 Å². The van der Waals surface area contributed by atoms with Gasteiger partial charge in [0, 0.05) is 108 Å². The van der Waals surface area contributed by atoms with E-state index in [1.807, 2.05) is 24.4 Å². The van der Waals surface area contributed by atoms with Gasteiger partial charge in [-0.05, 0) is 82.1 Å². The molecule has 0 saturated heterocycles. The molecule has 22 nitrogen and oxygen atoms in total. The van der Waals surface area contributed by atoms with Crippen molar-refractivity contribution in [1.29, 1.82) is 0 Å². The Morgan fingerprint density at radius 2 is 1.33 bits per heavy atom. The smallest absolute Gasteiger partial charge is 0.252 e. The SMILES string of the molecule is CCNCCN(CCNc1n[nH]c(N)n1)CCNc1n[nH]c(N)n1.Ic1ccc(-c2ccn3ncnc3n2)cc1.Nc1ncn[nH]1.O.O=Cc1ccc(I)cc1.[Ac]. The summed E-state index contributed by atoms with van der Waals surface area (Å²) in [6.45, 7) is 8.04. The molecule has 14 N–H and O–H groups in total. The molecular formula is C32H44AcI2N20O2. The summed E-state index contributed by atoms with van der Waals surface area (Å²) in [5.74, 6) is 2.60. The standard InChI is InChI=1S/C12H26N12.C11H7IN4.C7H5IO.C2H4N4.Ac.H2O/c1-2-15-3-6-24(7-4-16-11-18-9(13)20-22-11)8-5-17-12-19-10(14)21-23-12;12-9-3-1-8(2-4-9)10-5-6-16-11(15-10)13-7-14-16;8-7-3-1-6(5-9)2-4-7;3-2-4-1-5-6-2;;/h15H,2-8H2,1H3,(H4,13,16,18,20,22)(H4,14,17,19,21,23);1-7H;1-5H;1H,(H3,3,4,5,6);;1H2. The van der Waals surface area contributed by atoms with Gasteiger partial charge in [-0.25, -0.2) is 29.8 Å². The van der Waals surface area contributed by atoms with E-state index in [2.05, 4.69) is 158 Å². The summed E-state index contributed by atoms with van der Waals surface area (Å²) in [6, 6.07) is 17.6. The number of aromatic nitrogens is 13. The number of nitrogen functional groups attached to an aromatic ring is 3. The number of likely N-dealkylation sites (N-methyl/N-ethyl adjacent to an activating group) is 1. The second-order valence-corrected chi connectivity index (χ2v) is 13.5. The van der Waals surface area contributed by atoms with E-state index in [9.17, 15) is 4.79 Å². The molecule has 25 heteroatoms. The maximum absolute atomic E-state index is 10.1. The number of nitrogens with one attached hydrogen (secondary N) is 6. The van der Waals surface area contributed by atoms with Crippen LogP contribution in [-0.4, -0.2) is 128 Å². The first-order chi connectivity index (χ1) is 26.7. The van der Waals surface area contributed by atoms with Crippen molar-refractivity contribution >= 4 is 87.0 Å². The molecule has 0 spiro atoms. The summed E-state index contributed by atoms with van der Waals surface area (Å²) < 4.78 is 4.01. The van der Waals surface area contributed by atoms with Crippen LogP contribution in [0, 0.1) is 51.2 Å². The number of H-pyrrole nitrogens is 3. The molecule has 5 aromatic heterocycles. The second-order valence-electron chi connectivity index (χ2n) is 11.0. The summed E-state index contributed by atoms with van der Waals surface area (Å²) in [4.78, 5) is 32.5. The van der Waals surface area contributed by atoms with Crippen LogP contribution in [0.25, 0.3) is 17.0 Å². The van der Waals surface area contributed by atoms with E-state index < -0.39 is 0 Å². The van der Waals surface area contributed by atoms with Crippen molar-refractivity contribution in [3.05, 3.63) is 86.2 Å². The first kappa shape index (κ1) is 49.0. The Bertz CT molecular complexity index is 2050. The average Bonchev–Trinajstić information content (AvgIpc) is 4.03. The van der Waals surface area contributed by atoms with Crippen LogP contribution >= 0.6 is 45.2 Å². The zero-order valence-corrected chi connectivity index (χ0v) is 39.9. The minimum absolute atomic E-state index is 0. The summed E-state index contributed by atoms with van der Waals surface area (Å²) in [7, 11) is 0. The molecule has 7 aromatic rings. The van der Waals surface area contributed by atoms with E-state index >= 15 is 0 Å². The van der Waals surface area contributed by atoms with Crippen LogP contribution in [0.5, 0.6) is 0 Å². The van der Waals surface area contributed by atoms with Crippen molar-refractivity contribution in [2.45, 2.75) is 6.92 Å². The molecule has 2 aromatic carbocycles. The quantitative estimate of drug-likeness (QED) is 0.0424. The van der Waals surface area contributed by atoms with E-state index in [0.717, 1.165) is 72.5 Å². The maximum Gasteiger partial charge on any atom is 0.252 e. The molecular weight excluding hydrogens is 1180 g/mol. The zero-order chi connectivity index (χ0) is 39.3. The van der Waals surface area contributed by atoms with Crippen molar-refractivity contribution in [3.63, 3.8) is 0 Å². The fraction of sp³-hybridized carbons (Fsp3) is 0.250. The van der Waals surface area contributed by atoms with Gasteiger partial charge >= 0.3 is 0 Å². The van der Waals surface area contributed by atoms with Crippen LogP contribution in [0.2, 0.25) is 0 Å². The van der Waals surface area contributed by atoms with Gasteiger partial charge in [-0.1, -0.05) is 31.2 Å². The summed E-state index contributed by atoms with van der Waals surface area (Å²) >= 11 is 4.48. The fourth-order valence-electron chi connectivity index (χ4n) is 4.36.